The summed E-state index contributed by atoms with van der Waals surface area (Å²) in [6.07, 6.45) is -3.38. The van der Waals surface area contributed by atoms with E-state index in [-0.39, 0.29) is 41.4 Å². The van der Waals surface area contributed by atoms with Gasteiger partial charge in [-0.15, -0.1) is 0 Å². The number of ether oxygens (including phenoxy) is 1. The van der Waals surface area contributed by atoms with Crippen LogP contribution in [0.25, 0.3) is 11.1 Å². The Bertz CT molecular complexity index is 1980. The first kappa shape index (κ1) is 39.2. The van der Waals surface area contributed by atoms with E-state index >= 15 is 0 Å². The Morgan fingerprint density at radius 1 is 0.704 bits per heavy atom. The van der Waals surface area contributed by atoms with Crippen LogP contribution in [0.3, 0.4) is 0 Å². The van der Waals surface area contributed by atoms with E-state index in [0.717, 1.165) is 25.0 Å². The molecule has 282 valence electrons. The molecule has 1 aliphatic rings. The zero-order valence-corrected chi connectivity index (χ0v) is 29.9. The number of halogens is 3. The average Bonchev–Trinajstić information content (AvgIpc) is 3.71. The summed E-state index contributed by atoms with van der Waals surface area (Å²) in [5.74, 6) is -3.18. The van der Waals surface area contributed by atoms with Gasteiger partial charge in [0.2, 0.25) is 11.8 Å². The first-order valence-corrected chi connectivity index (χ1v) is 17.7. The summed E-state index contributed by atoms with van der Waals surface area (Å²) in [7, 11) is 0. The minimum atomic E-state index is -4.54. The number of esters is 1. The summed E-state index contributed by atoms with van der Waals surface area (Å²) in [6.45, 7) is 4.21. The summed E-state index contributed by atoms with van der Waals surface area (Å²) in [4.78, 5) is 70.3. The van der Waals surface area contributed by atoms with Gasteiger partial charge in [0.25, 0.3) is 11.8 Å². The second-order valence-electron chi connectivity index (χ2n) is 12.7. The second-order valence-corrected chi connectivity index (χ2v) is 12.7. The van der Waals surface area contributed by atoms with Crippen molar-refractivity contribution in [3.63, 3.8) is 0 Å². The van der Waals surface area contributed by atoms with Gasteiger partial charge in [-0.3, -0.25) is 24.0 Å². The number of carbonyl (C=O) groups is 5. The maximum absolute atomic E-state index is 14.0. The fourth-order valence-corrected chi connectivity index (χ4v) is 6.44. The SMILES string of the molecule is CCNC(=O)C(COC(=O)Cc1cccc(C(=O)N2CCCC2)c1NC(=O)c1ccccc1-c1ccc(C(F)(F)F)cc1)(C(=O)NCC)c1ccccc1. The highest BCUT2D eigenvalue weighted by atomic mass is 19.4. The van der Waals surface area contributed by atoms with Gasteiger partial charge in [0, 0.05) is 31.7 Å². The molecule has 0 radical (unpaired) electrons. The van der Waals surface area contributed by atoms with E-state index in [1.807, 2.05) is 0 Å². The maximum Gasteiger partial charge on any atom is 0.416 e. The lowest BCUT2D eigenvalue weighted by molar-refractivity contribution is -0.150. The van der Waals surface area contributed by atoms with Gasteiger partial charge in [0.1, 0.15) is 6.61 Å². The molecule has 4 aromatic rings. The van der Waals surface area contributed by atoms with Crippen LogP contribution in [-0.2, 0) is 37.1 Å². The smallest absolute Gasteiger partial charge is 0.416 e. The number of nitrogens with one attached hydrogen (secondary N) is 3. The fraction of sp³-hybridized carbons (Fsp3) is 0.293. The lowest BCUT2D eigenvalue weighted by Gasteiger charge is -2.31. The van der Waals surface area contributed by atoms with Crippen molar-refractivity contribution in [3.8, 4) is 11.1 Å². The summed E-state index contributed by atoms with van der Waals surface area (Å²) < 4.78 is 45.5. The maximum atomic E-state index is 14.0. The number of likely N-dealkylation sites (N-methyl/N-ethyl adjacent to an activating group) is 2. The molecule has 0 bridgehead atoms. The number of rotatable bonds is 13. The molecule has 10 nitrogen and oxygen atoms in total. The number of hydrogen-bond acceptors (Lipinski definition) is 6. The van der Waals surface area contributed by atoms with Gasteiger partial charge in [-0.2, -0.15) is 13.2 Å². The van der Waals surface area contributed by atoms with Gasteiger partial charge in [0.05, 0.1) is 23.2 Å². The molecule has 0 aromatic heterocycles. The van der Waals surface area contributed by atoms with E-state index in [2.05, 4.69) is 16.0 Å². The van der Waals surface area contributed by atoms with Crippen LogP contribution in [-0.4, -0.2) is 67.3 Å². The Balaban J connectivity index is 1.48. The molecule has 13 heteroatoms. The zero-order valence-electron chi connectivity index (χ0n) is 29.9. The summed E-state index contributed by atoms with van der Waals surface area (Å²) in [5.41, 5.74) is -1.20. The minimum Gasteiger partial charge on any atom is -0.463 e. The Morgan fingerprint density at radius 2 is 1.30 bits per heavy atom. The van der Waals surface area contributed by atoms with E-state index in [9.17, 15) is 37.1 Å². The number of carbonyl (C=O) groups excluding carboxylic acids is 5. The minimum absolute atomic E-state index is 0.0559. The molecule has 0 unspecified atom stereocenters. The zero-order chi connectivity index (χ0) is 38.9. The van der Waals surface area contributed by atoms with Crippen molar-refractivity contribution in [3.05, 3.63) is 125 Å². The van der Waals surface area contributed by atoms with E-state index in [4.69, 9.17) is 4.74 Å². The molecule has 0 aliphatic carbocycles. The van der Waals surface area contributed by atoms with Gasteiger partial charge in [-0.05, 0) is 73.2 Å². The molecule has 1 fully saturated rings. The normalized spacial score (nSPS) is 12.9. The quantitative estimate of drug-likeness (QED) is 0.111. The number of alkyl halides is 3. The van der Waals surface area contributed by atoms with Crippen molar-refractivity contribution in [1.82, 2.24) is 15.5 Å². The van der Waals surface area contributed by atoms with Crippen LogP contribution in [0.4, 0.5) is 18.9 Å². The highest BCUT2D eigenvalue weighted by Gasteiger charge is 2.48. The molecular weight excluding hydrogens is 701 g/mol. The number of nitrogens with zero attached hydrogens (tertiary/aromatic N) is 1. The Morgan fingerprint density at radius 3 is 1.91 bits per heavy atom. The monoisotopic (exact) mass is 742 g/mol. The largest absolute Gasteiger partial charge is 0.463 e. The number of amides is 4. The van der Waals surface area contributed by atoms with Gasteiger partial charge in [-0.25, -0.2) is 0 Å². The van der Waals surface area contributed by atoms with Gasteiger partial charge in [0.15, 0.2) is 5.41 Å². The third-order valence-electron chi connectivity index (χ3n) is 9.21. The lowest BCUT2D eigenvalue weighted by Crippen LogP contribution is -2.57. The van der Waals surface area contributed by atoms with Crippen LogP contribution in [0, 0.1) is 0 Å². The van der Waals surface area contributed by atoms with Crippen LogP contribution >= 0.6 is 0 Å². The first-order chi connectivity index (χ1) is 25.9. The standard InChI is InChI=1S/C41H41F3N4O6/c1-3-45-38(52)40(39(53)46-4-2,29-14-6-5-7-15-29)26-54-34(49)25-28-13-12-18-33(37(51)48-23-10-11-24-48)35(28)47-36(50)32-17-9-8-16-31(32)27-19-21-30(22-20-27)41(42,43)44/h5-9,12-22H,3-4,10-11,23-26H2,1-2H3,(H,45,52)(H,46,53)(H,47,50). The summed E-state index contributed by atoms with van der Waals surface area (Å²) >= 11 is 0. The summed E-state index contributed by atoms with van der Waals surface area (Å²) in [6, 6.07) is 23.7. The molecule has 54 heavy (non-hydrogen) atoms. The lowest BCUT2D eigenvalue weighted by atomic mass is 9.79. The highest BCUT2D eigenvalue weighted by molar-refractivity contribution is 6.13. The van der Waals surface area contributed by atoms with Crippen molar-refractivity contribution < 1.29 is 41.9 Å². The van der Waals surface area contributed by atoms with Crippen LogP contribution in [0.5, 0.6) is 0 Å². The molecule has 1 aliphatic heterocycles. The highest BCUT2D eigenvalue weighted by Crippen LogP contribution is 2.33. The topological polar surface area (TPSA) is 134 Å². The third-order valence-corrected chi connectivity index (χ3v) is 9.21. The van der Waals surface area contributed by atoms with E-state index in [0.29, 0.717) is 29.8 Å². The average molecular weight is 743 g/mol. The Hall–Kier alpha value is -5.98. The first-order valence-electron chi connectivity index (χ1n) is 17.7. The van der Waals surface area contributed by atoms with Crippen LogP contribution in [0.2, 0.25) is 0 Å². The van der Waals surface area contributed by atoms with E-state index in [1.54, 1.807) is 79.4 Å². The van der Waals surface area contributed by atoms with Crippen molar-refractivity contribution in [2.24, 2.45) is 0 Å². The van der Waals surface area contributed by atoms with Gasteiger partial charge < -0.3 is 25.6 Å². The molecule has 5 rings (SSSR count). The fourth-order valence-electron chi connectivity index (χ4n) is 6.44. The Kier molecular flexibility index (Phi) is 12.5. The molecule has 3 N–H and O–H groups in total. The molecule has 4 amide bonds. The number of anilines is 1. The second kappa shape index (κ2) is 17.2. The molecule has 0 saturated carbocycles. The number of likely N-dealkylation sites (tertiary alicyclic amines) is 1. The molecule has 0 spiro atoms. The van der Waals surface area contributed by atoms with E-state index < -0.39 is 53.9 Å². The van der Waals surface area contributed by atoms with Crippen LogP contribution in [0.15, 0.2) is 97.1 Å². The van der Waals surface area contributed by atoms with Crippen molar-refractivity contribution in [1.29, 1.82) is 0 Å². The molecule has 1 heterocycles. The molecular formula is C41H41F3N4O6. The predicted octanol–water partition coefficient (Wildman–Crippen LogP) is 6.16. The molecule has 1 saturated heterocycles. The van der Waals surface area contributed by atoms with Crippen molar-refractivity contribution in [2.75, 3.05) is 38.1 Å². The van der Waals surface area contributed by atoms with E-state index in [1.165, 1.54) is 24.3 Å². The van der Waals surface area contributed by atoms with Crippen LogP contribution < -0.4 is 16.0 Å². The third kappa shape index (κ3) is 8.62. The molecule has 0 atom stereocenters. The van der Waals surface area contributed by atoms with Crippen molar-refractivity contribution in [2.45, 2.75) is 44.7 Å². The number of hydrogen-bond donors (Lipinski definition) is 3. The molecule has 4 aromatic carbocycles. The summed E-state index contributed by atoms with van der Waals surface area (Å²) in [5, 5.41) is 8.19. The number of para-hydroxylation sites is 1. The predicted molar refractivity (Wildman–Crippen MR) is 197 cm³/mol. The van der Waals surface area contributed by atoms with Crippen LogP contribution in [0.1, 0.15) is 64.1 Å². The Labute approximate surface area is 311 Å². The number of benzene rings is 4. The van der Waals surface area contributed by atoms with Gasteiger partial charge in [-0.1, -0.05) is 72.8 Å². The van der Waals surface area contributed by atoms with Gasteiger partial charge >= 0.3 is 12.1 Å². The van der Waals surface area contributed by atoms with Crippen molar-refractivity contribution >= 4 is 35.3 Å².